The maximum atomic E-state index is 10.1. The summed E-state index contributed by atoms with van der Waals surface area (Å²) in [6.07, 6.45) is 10.5. The summed E-state index contributed by atoms with van der Waals surface area (Å²) in [5.74, 6) is 1.52. The summed E-state index contributed by atoms with van der Waals surface area (Å²) in [6, 6.07) is 8.74. The molecule has 18 heavy (non-hydrogen) atoms. The van der Waals surface area contributed by atoms with Crippen LogP contribution in [0.25, 0.3) is 0 Å². The monoisotopic (exact) mass is 240 g/mol. The van der Waals surface area contributed by atoms with E-state index in [1.807, 2.05) is 0 Å². The Labute approximate surface area is 109 Å². The Morgan fingerprint density at radius 3 is 2.78 bits per heavy atom. The van der Waals surface area contributed by atoms with Gasteiger partial charge in [-0.05, 0) is 43.1 Å². The lowest BCUT2D eigenvalue weighted by Gasteiger charge is -2.39. The van der Waals surface area contributed by atoms with E-state index in [2.05, 4.69) is 55.5 Å². The van der Waals surface area contributed by atoms with Gasteiger partial charge in [0, 0.05) is 0 Å². The fraction of sp³-hybridized carbons (Fsp3) is 0.412. The van der Waals surface area contributed by atoms with Crippen LogP contribution in [0.5, 0.6) is 0 Å². The minimum absolute atomic E-state index is 0.159. The molecule has 2 aliphatic carbocycles. The van der Waals surface area contributed by atoms with Gasteiger partial charge in [0.15, 0.2) is 0 Å². The molecule has 1 N–H and O–H groups in total. The van der Waals surface area contributed by atoms with Crippen LogP contribution in [0.3, 0.4) is 0 Å². The fourth-order valence-electron chi connectivity index (χ4n) is 3.46. The van der Waals surface area contributed by atoms with Crippen LogP contribution in [0, 0.1) is 18.8 Å². The van der Waals surface area contributed by atoms with Crippen molar-refractivity contribution in [2.75, 3.05) is 0 Å². The average molecular weight is 240 g/mol. The fourth-order valence-corrected chi connectivity index (χ4v) is 3.46. The number of hydrogen-bond acceptors (Lipinski definition) is 1. The lowest BCUT2D eigenvalue weighted by atomic mass is 9.67. The third kappa shape index (κ3) is 2.15. The van der Waals surface area contributed by atoms with Crippen LogP contribution in [0.4, 0.5) is 0 Å². The number of hydrogen-bond donors (Lipinski definition) is 1. The zero-order valence-corrected chi connectivity index (χ0v) is 10.8. The first-order valence-electron chi connectivity index (χ1n) is 6.83. The average Bonchev–Trinajstić information content (AvgIpc) is 2.37. The highest BCUT2D eigenvalue weighted by Gasteiger charge is 2.35. The Kier molecular flexibility index (Phi) is 3.09. The molecule has 3 rings (SSSR count). The molecule has 0 spiro atoms. The molecule has 1 heteroatoms. The van der Waals surface area contributed by atoms with E-state index in [1.165, 1.54) is 11.1 Å². The van der Waals surface area contributed by atoms with Crippen LogP contribution in [-0.4, -0.2) is 11.2 Å². The van der Waals surface area contributed by atoms with Crippen molar-refractivity contribution >= 4 is 0 Å². The molecule has 0 heterocycles. The van der Waals surface area contributed by atoms with Gasteiger partial charge in [-0.25, -0.2) is 0 Å². The molecular weight excluding hydrogens is 220 g/mol. The van der Waals surface area contributed by atoms with Gasteiger partial charge in [0.2, 0.25) is 0 Å². The van der Waals surface area contributed by atoms with Crippen molar-refractivity contribution in [3.8, 4) is 0 Å². The number of benzene rings is 1. The molecule has 1 saturated carbocycles. The maximum absolute atomic E-state index is 10.1. The molecule has 0 aromatic heterocycles. The van der Waals surface area contributed by atoms with Crippen molar-refractivity contribution in [2.45, 2.75) is 31.8 Å². The highest BCUT2D eigenvalue weighted by Crippen LogP contribution is 2.44. The predicted octanol–water partition coefficient (Wildman–Crippen LogP) is 3.59. The van der Waals surface area contributed by atoms with Gasteiger partial charge >= 0.3 is 0 Å². The normalized spacial score (nSPS) is 34.3. The molecule has 0 saturated heterocycles. The number of allylic oxidation sites excluding steroid dienone is 4. The smallest absolute Gasteiger partial charge is 0.0552 e. The van der Waals surface area contributed by atoms with Gasteiger partial charge in [0.05, 0.1) is 6.10 Å². The third-order valence-electron chi connectivity index (χ3n) is 4.30. The highest BCUT2D eigenvalue weighted by atomic mass is 16.3. The standard InChI is InChI=1S/C17H20O/c1-12-5-4-7-13(9-12)17-11-15(18)10-14-6-2-3-8-16(14)17/h2-9,14-18H,10-11H2,1H3. The van der Waals surface area contributed by atoms with Crippen molar-refractivity contribution in [2.24, 2.45) is 11.8 Å². The van der Waals surface area contributed by atoms with E-state index in [0.717, 1.165) is 12.8 Å². The van der Waals surface area contributed by atoms with Crippen LogP contribution in [0.1, 0.15) is 29.9 Å². The maximum Gasteiger partial charge on any atom is 0.0552 e. The third-order valence-corrected chi connectivity index (χ3v) is 4.30. The molecule has 94 valence electrons. The van der Waals surface area contributed by atoms with Crippen molar-refractivity contribution in [1.82, 2.24) is 0 Å². The lowest BCUT2D eigenvalue weighted by Crippen LogP contribution is -2.33. The van der Waals surface area contributed by atoms with Gasteiger partial charge in [-0.2, -0.15) is 0 Å². The van der Waals surface area contributed by atoms with Gasteiger partial charge in [0.1, 0.15) is 0 Å². The Morgan fingerprint density at radius 2 is 1.94 bits per heavy atom. The van der Waals surface area contributed by atoms with Crippen LogP contribution in [0.15, 0.2) is 48.6 Å². The first-order valence-corrected chi connectivity index (χ1v) is 6.83. The molecule has 1 aromatic rings. The van der Waals surface area contributed by atoms with Crippen molar-refractivity contribution in [3.63, 3.8) is 0 Å². The van der Waals surface area contributed by atoms with Crippen LogP contribution in [0.2, 0.25) is 0 Å². The summed E-state index contributed by atoms with van der Waals surface area (Å²) in [5, 5.41) is 10.1. The van der Waals surface area contributed by atoms with E-state index in [1.54, 1.807) is 0 Å². The van der Waals surface area contributed by atoms with Gasteiger partial charge < -0.3 is 5.11 Å². The number of aliphatic hydroxyl groups excluding tert-OH is 1. The Bertz CT molecular complexity index is 486. The Balaban J connectivity index is 1.94. The molecule has 2 aliphatic rings. The summed E-state index contributed by atoms with van der Waals surface area (Å²) >= 11 is 0. The van der Waals surface area contributed by atoms with E-state index in [0.29, 0.717) is 17.8 Å². The summed E-state index contributed by atoms with van der Waals surface area (Å²) in [4.78, 5) is 0. The van der Waals surface area contributed by atoms with Gasteiger partial charge in [0.25, 0.3) is 0 Å². The second kappa shape index (κ2) is 4.74. The van der Waals surface area contributed by atoms with E-state index in [-0.39, 0.29) is 6.10 Å². The van der Waals surface area contributed by atoms with Gasteiger partial charge in [-0.1, -0.05) is 54.1 Å². The summed E-state index contributed by atoms with van der Waals surface area (Å²) < 4.78 is 0. The second-order valence-electron chi connectivity index (χ2n) is 5.66. The van der Waals surface area contributed by atoms with Crippen molar-refractivity contribution in [3.05, 3.63) is 59.7 Å². The summed E-state index contributed by atoms with van der Waals surface area (Å²) in [7, 11) is 0. The first kappa shape index (κ1) is 11.7. The molecule has 4 unspecified atom stereocenters. The first-order chi connectivity index (χ1) is 8.74. The number of fused-ring (bicyclic) bond motifs is 1. The van der Waals surface area contributed by atoms with Crippen molar-refractivity contribution < 1.29 is 5.11 Å². The minimum Gasteiger partial charge on any atom is -0.393 e. The molecule has 0 radical (unpaired) electrons. The number of aryl methyl sites for hydroxylation is 1. The van der Waals surface area contributed by atoms with Gasteiger partial charge in [-0.15, -0.1) is 0 Å². The molecule has 4 atom stereocenters. The van der Waals surface area contributed by atoms with Crippen LogP contribution < -0.4 is 0 Å². The van der Waals surface area contributed by atoms with E-state index in [9.17, 15) is 5.11 Å². The number of rotatable bonds is 1. The molecule has 0 amide bonds. The second-order valence-corrected chi connectivity index (χ2v) is 5.66. The zero-order valence-electron chi connectivity index (χ0n) is 10.8. The Hall–Kier alpha value is -1.34. The van der Waals surface area contributed by atoms with Gasteiger partial charge in [-0.3, -0.25) is 0 Å². The minimum atomic E-state index is -0.159. The molecular formula is C17H20O. The molecule has 0 aliphatic heterocycles. The quantitative estimate of drug-likeness (QED) is 0.795. The van der Waals surface area contributed by atoms with E-state index in [4.69, 9.17) is 0 Å². The Morgan fingerprint density at radius 1 is 1.11 bits per heavy atom. The van der Waals surface area contributed by atoms with Crippen LogP contribution >= 0.6 is 0 Å². The van der Waals surface area contributed by atoms with Crippen molar-refractivity contribution in [1.29, 1.82) is 0 Å². The van der Waals surface area contributed by atoms with E-state index < -0.39 is 0 Å². The molecule has 1 fully saturated rings. The van der Waals surface area contributed by atoms with E-state index >= 15 is 0 Å². The highest BCUT2D eigenvalue weighted by molar-refractivity contribution is 5.30. The summed E-state index contributed by atoms with van der Waals surface area (Å²) in [6.45, 7) is 2.14. The topological polar surface area (TPSA) is 20.2 Å². The molecule has 1 aromatic carbocycles. The molecule has 0 bridgehead atoms. The predicted molar refractivity (Wildman–Crippen MR) is 74.4 cm³/mol. The number of aliphatic hydroxyl groups is 1. The summed E-state index contributed by atoms with van der Waals surface area (Å²) in [5.41, 5.74) is 2.68. The molecule has 1 nitrogen and oxygen atoms in total. The van der Waals surface area contributed by atoms with Crippen LogP contribution in [-0.2, 0) is 0 Å². The zero-order chi connectivity index (χ0) is 12.5. The SMILES string of the molecule is Cc1cccc(C2CC(O)CC3C=CC=CC32)c1. The largest absolute Gasteiger partial charge is 0.393 e. The lowest BCUT2D eigenvalue weighted by molar-refractivity contribution is 0.0816.